The number of aryl methyl sites for hydroxylation is 1. The van der Waals surface area contributed by atoms with E-state index in [9.17, 15) is 10.1 Å². The number of likely N-dealkylation sites (N-methyl/N-ethyl adjacent to an activating group) is 1. The summed E-state index contributed by atoms with van der Waals surface area (Å²) in [4.78, 5) is 29.0. The van der Waals surface area contributed by atoms with Crippen LogP contribution in [-0.4, -0.2) is 77.6 Å². The fourth-order valence-electron chi connectivity index (χ4n) is 7.55. The van der Waals surface area contributed by atoms with Gasteiger partial charge in [0.2, 0.25) is 5.91 Å². The van der Waals surface area contributed by atoms with Crippen molar-refractivity contribution in [3.05, 3.63) is 58.3 Å². The van der Waals surface area contributed by atoms with E-state index in [4.69, 9.17) is 26.3 Å². The van der Waals surface area contributed by atoms with Crippen molar-refractivity contribution in [3.8, 4) is 12.1 Å². The van der Waals surface area contributed by atoms with Gasteiger partial charge in [-0.25, -0.2) is 0 Å². The Labute approximate surface area is 247 Å². The molecule has 1 aromatic carbocycles. The molecule has 0 saturated carbocycles. The number of nitriles is 1. The highest BCUT2D eigenvalue weighted by Gasteiger charge is 2.42. The Morgan fingerprint density at radius 2 is 2.10 bits per heavy atom. The van der Waals surface area contributed by atoms with Gasteiger partial charge in [0, 0.05) is 41.7 Å². The molecule has 3 atom stereocenters. The molecular weight excluding hydrogens is 536 g/mol. The Balaban J connectivity index is 1.35. The van der Waals surface area contributed by atoms with Crippen molar-refractivity contribution < 1.29 is 9.53 Å². The van der Waals surface area contributed by atoms with Crippen molar-refractivity contribution in [2.75, 3.05) is 44.7 Å². The van der Waals surface area contributed by atoms with E-state index in [1.807, 2.05) is 6.07 Å². The summed E-state index contributed by atoms with van der Waals surface area (Å²) in [6.07, 6.45) is 10.00. The number of rotatable bonds is 6. The van der Waals surface area contributed by atoms with Crippen molar-refractivity contribution in [1.82, 2.24) is 19.8 Å². The molecule has 1 amide bonds. The number of benzene rings is 1. The number of fused-ring (bicyclic) bond motifs is 3. The van der Waals surface area contributed by atoms with E-state index in [0.717, 1.165) is 68.0 Å². The first-order valence-electron chi connectivity index (χ1n) is 15.0. The normalized spacial score (nSPS) is 25.9. The molecule has 0 N–H and O–H groups in total. The van der Waals surface area contributed by atoms with Gasteiger partial charge in [-0.2, -0.15) is 15.2 Å². The summed E-state index contributed by atoms with van der Waals surface area (Å²) in [5.41, 5.74) is 5.03. The van der Waals surface area contributed by atoms with Gasteiger partial charge in [-0.15, -0.1) is 0 Å². The van der Waals surface area contributed by atoms with Crippen LogP contribution in [0.15, 0.2) is 30.9 Å². The minimum absolute atomic E-state index is 0.0124. The molecule has 41 heavy (non-hydrogen) atoms. The quantitative estimate of drug-likeness (QED) is 0.470. The molecule has 2 aliphatic carbocycles. The second-order valence-electron chi connectivity index (χ2n) is 12.2. The number of amides is 1. The van der Waals surface area contributed by atoms with E-state index in [-0.39, 0.29) is 23.8 Å². The molecule has 9 heteroatoms. The van der Waals surface area contributed by atoms with Crippen LogP contribution in [0.4, 0.5) is 5.82 Å². The van der Waals surface area contributed by atoms with Gasteiger partial charge in [-0.1, -0.05) is 24.2 Å². The number of carbonyl (C=O) groups is 1. The molecule has 0 bridgehead atoms. The third-order valence-corrected chi connectivity index (χ3v) is 10.0. The van der Waals surface area contributed by atoms with Crippen molar-refractivity contribution in [2.24, 2.45) is 0 Å². The zero-order chi connectivity index (χ0) is 28.6. The number of aromatic nitrogens is 2. The van der Waals surface area contributed by atoms with Gasteiger partial charge in [-0.3, -0.25) is 4.79 Å². The summed E-state index contributed by atoms with van der Waals surface area (Å²) >= 11 is 6.52. The Morgan fingerprint density at radius 1 is 1.22 bits per heavy atom. The van der Waals surface area contributed by atoms with Crippen molar-refractivity contribution >= 4 is 23.3 Å². The zero-order valence-corrected chi connectivity index (χ0v) is 24.7. The molecule has 2 aromatic rings. The van der Waals surface area contributed by atoms with Crippen LogP contribution in [0.2, 0.25) is 5.02 Å². The van der Waals surface area contributed by atoms with Gasteiger partial charge >= 0.3 is 6.01 Å². The van der Waals surface area contributed by atoms with E-state index >= 15 is 0 Å². The summed E-state index contributed by atoms with van der Waals surface area (Å²) in [7, 11) is 2.15. The first-order valence-corrected chi connectivity index (χ1v) is 15.4. The van der Waals surface area contributed by atoms with Crippen molar-refractivity contribution in [2.45, 2.75) is 75.3 Å². The average molecular weight is 575 g/mol. The van der Waals surface area contributed by atoms with Crippen LogP contribution < -0.4 is 9.64 Å². The van der Waals surface area contributed by atoms with Gasteiger partial charge in [0.1, 0.15) is 12.4 Å². The van der Waals surface area contributed by atoms with Gasteiger partial charge in [0.15, 0.2) is 0 Å². The number of nitrogens with zero attached hydrogens (tertiary/aromatic N) is 6. The van der Waals surface area contributed by atoms with Gasteiger partial charge in [-0.05, 0) is 94.3 Å². The molecular formula is C32H39ClN6O2. The lowest BCUT2D eigenvalue weighted by Gasteiger charge is -2.44. The van der Waals surface area contributed by atoms with E-state index in [2.05, 4.69) is 41.6 Å². The Hall–Kier alpha value is -3.15. The molecule has 8 nitrogen and oxygen atoms in total. The van der Waals surface area contributed by atoms with Crippen LogP contribution in [0, 0.1) is 11.3 Å². The van der Waals surface area contributed by atoms with Gasteiger partial charge < -0.3 is 19.4 Å². The first kappa shape index (κ1) is 28.0. The van der Waals surface area contributed by atoms with Crippen LogP contribution in [-0.2, 0) is 29.5 Å². The maximum Gasteiger partial charge on any atom is 0.318 e. The van der Waals surface area contributed by atoms with Gasteiger partial charge in [0.25, 0.3) is 0 Å². The molecule has 216 valence electrons. The van der Waals surface area contributed by atoms with Crippen LogP contribution in [0.3, 0.4) is 0 Å². The minimum atomic E-state index is -0.219. The largest absolute Gasteiger partial charge is 0.462 e. The lowest BCUT2D eigenvalue weighted by Crippen LogP contribution is -2.55. The molecule has 6 rings (SSSR count). The van der Waals surface area contributed by atoms with E-state index in [1.54, 1.807) is 4.90 Å². The van der Waals surface area contributed by atoms with Crippen LogP contribution in [0.5, 0.6) is 6.01 Å². The third-order valence-electron chi connectivity index (χ3n) is 9.80. The summed E-state index contributed by atoms with van der Waals surface area (Å²) < 4.78 is 6.33. The number of ether oxygens (including phenoxy) is 1. The number of likely N-dealkylation sites (tertiary alicyclic amines) is 1. The van der Waals surface area contributed by atoms with E-state index in [0.29, 0.717) is 38.3 Å². The minimum Gasteiger partial charge on any atom is -0.462 e. The van der Waals surface area contributed by atoms with Crippen LogP contribution in [0.25, 0.3) is 0 Å². The highest BCUT2D eigenvalue weighted by Crippen LogP contribution is 2.48. The van der Waals surface area contributed by atoms with E-state index < -0.39 is 0 Å². The number of hydrogen-bond acceptors (Lipinski definition) is 7. The lowest BCUT2D eigenvalue weighted by atomic mass is 9.62. The second kappa shape index (κ2) is 11.6. The molecule has 1 spiro atoms. The molecule has 2 saturated heterocycles. The standard InChI is InChI=1S/C32H39ClN6O2/c1-3-29(40)39-17-16-38(20-24(39)11-14-34)30-26-10-13-32(12-4-6-22-8-9-23(33)18-27(22)32)19-28(26)35-31(36-30)41-21-25-7-5-15-37(25)2/h3,8-9,18,24-25H,1,4-7,10-13,15-17,19-21H2,2H3. The van der Waals surface area contributed by atoms with E-state index in [1.165, 1.54) is 29.2 Å². The zero-order valence-electron chi connectivity index (χ0n) is 23.9. The molecule has 3 heterocycles. The summed E-state index contributed by atoms with van der Waals surface area (Å²) in [5, 5.41) is 10.3. The predicted molar refractivity (Wildman–Crippen MR) is 159 cm³/mol. The Kier molecular flexibility index (Phi) is 7.93. The Morgan fingerprint density at radius 3 is 2.88 bits per heavy atom. The third kappa shape index (κ3) is 5.42. The maximum absolute atomic E-state index is 12.5. The number of carbonyl (C=O) groups excluding carboxylic acids is 1. The number of anilines is 1. The highest BCUT2D eigenvalue weighted by atomic mass is 35.5. The molecule has 1 aromatic heterocycles. The van der Waals surface area contributed by atoms with Crippen molar-refractivity contribution in [1.29, 1.82) is 5.26 Å². The highest BCUT2D eigenvalue weighted by molar-refractivity contribution is 6.30. The molecule has 3 unspecified atom stereocenters. The second-order valence-corrected chi connectivity index (χ2v) is 12.6. The number of halogens is 1. The molecule has 2 aliphatic heterocycles. The fourth-order valence-corrected chi connectivity index (χ4v) is 7.72. The predicted octanol–water partition coefficient (Wildman–Crippen LogP) is 4.48. The smallest absolute Gasteiger partial charge is 0.318 e. The molecule has 0 radical (unpaired) electrons. The monoisotopic (exact) mass is 574 g/mol. The summed E-state index contributed by atoms with van der Waals surface area (Å²) in [6, 6.07) is 9.24. The molecule has 2 fully saturated rings. The fraction of sp³-hybridized carbons (Fsp3) is 0.562. The maximum atomic E-state index is 12.5. The first-order chi connectivity index (χ1) is 19.9. The summed E-state index contributed by atoms with van der Waals surface area (Å²) in [6.45, 7) is 7.02. The average Bonchev–Trinajstić information content (AvgIpc) is 3.40. The summed E-state index contributed by atoms with van der Waals surface area (Å²) in [5.74, 6) is 0.770. The van der Waals surface area contributed by atoms with Gasteiger partial charge in [0.05, 0.1) is 24.2 Å². The number of hydrogen-bond donors (Lipinski definition) is 0. The molecule has 4 aliphatic rings. The van der Waals surface area contributed by atoms with Crippen LogP contribution >= 0.6 is 11.6 Å². The lowest BCUT2D eigenvalue weighted by molar-refractivity contribution is -0.128. The Bertz CT molecular complexity index is 1370. The SMILES string of the molecule is C=CC(=O)N1CCN(c2nc(OCC3CCCN3C)nc3c2CCC2(CCCc4ccc(Cl)cc42)C3)CC1CC#N. The number of piperazine rings is 1. The topological polar surface area (TPSA) is 85.6 Å². The van der Waals surface area contributed by atoms with Crippen molar-refractivity contribution in [3.63, 3.8) is 0 Å². The van der Waals surface area contributed by atoms with Crippen LogP contribution in [0.1, 0.15) is 60.9 Å².